The Morgan fingerprint density at radius 2 is 1.23 bits per heavy atom. The first-order valence-electron chi connectivity index (χ1n) is 28.3. The molecule has 0 unspecified atom stereocenters. The number of aliphatic hydroxyl groups excluding tert-OH is 6. The van der Waals surface area contributed by atoms with E-state index in [4.69, 9.17) is 61.6 Å². The summed E-state index contributed by atoms with van der Waals surface area (Å²) in [6, 6.07) is 4.06. The van der Waals surface area contributed by atoms with Gasteiger partial charge in [0.1, 0.15) is 65.6 Å². The van der Waals surface area contributed by atoms with Gasteiger partial charge < -0.3 is 108 Å². The van der Waals surface area contributed by atoms with E-state index in [-0.39, 0.29) is 66.2 Å². The quantitative estimate of drug-likeness (QED) is 0.0948. The summed E-state index contributed by atoms with van der Waals surface area (Å²) >= 11 is 0. The largest absolute Gasteiger partial charge is 0.507 e. The van der Waals surface area contributed by atoms with Crippen LogP contribution in [0.15, 0.2) is 18.2 Å². The zero-order valence-electron chi connectivity index (χ0n) is 48.4. The van der Waals surface area contributed by atoms with E-state index >= 15 is 0 Å². The summed E-state index contributed by atoms with van der Waals surface area (Å²) in [5.74, 6) is -6.48. The Balaban J connectivity index is 1.00. The van der Waals surface area contributed by atoms with Crippen LogP contribution >= 0.6 is 0 Å². The highest BCUT2D eigenvalue weighted by Crippen LogP contribution is 2.46. The molecule has 2 aromatic carbocycles. The molecular formula is C57H82O26. The zero-order chi connectivity index (χ0) is 60.8. The number of hydrogen-bond donors (Lipinski definition) is 9. The number of phenols is 2. The first-order valence-corrected chi connectivity index (χ1v) is 28.3. The van der Waals surface area contributed by atoms with Crippen LogP contribution in [0.1, 0.15) is 117 Å². The molecule has 466 valence electrons. The molecule has 5 aliphatic heterocycles. The second-order valence-electron chi connectivity index (χ2n) is 23.5. The Hall–Kier alpha value is -4.30. The van der Waals surface area contributed by atoms with Crippen molar-refractivity contribution in [3.05, 3.63) is 29.3 Å². The Morgan fingerprint density at radius 1 is 0.687 bits per heavy atom. The molecule has 5 saturated heterocycles. The number of carbonyl (C=O) groups is 4. The molecular weight excluding hydrogens is 1100 g/mol. The highest BCUT2D eigenvalue weighted by Gasteiger charge is 2.52. The highest BCUT2D eigenvalue weighted by molar-refractivity contribution is 6.11. The number of carbonyl (C=O) groups excluding carboxylic acids is 4. The molecule has 83 heavy (non-hydrogen) atoms. The Morgan fingerprint density at radius 3 is 1.81 bits per heavy atom. The molecule has 25 atom stereocenters. The average Bonchev–Trinajstić information content (AvgIpc) is 1.78. The van der Waals surface area contributed by atoms with Gasteiger partial charge in [-0.15, -0.1) is 0 Å². The molecule has 2 aromatic rings. The predicted octanol–water partition coefficient (Wildman–Crippen LogP) is 1.22. The number of hydrogen-bond acceptors (Lipinski definition) is 26. The molecule has 0 bridgehead atoms. The lowest BCUT2D eigenvalue weighted by Gasteiger charge is -2.46. The van der Waals surface area contributed by atoms with Crippen LogP contribution in [-0.2, 0) is 77.6 Å². The monoisotopic (exact) mass is 1180 g/mol. The highest BCUT2D eigenvalue weighted by atomic mass is 16.7. The van der Waals surface area contributed by atoms with Crippen LogP contribution in [0.2, 0.25) is 0 Å². The Bertz CT molecular complexity index is 2600. The summed E-state index contributed by atoms with van der Waals surface area (Å²) in [4.78, 5) is 53.2. The number of Topliss-reactive ketones (excluding diaryl/α,β-unsaturated/α-hetero) is 2. The van der Waals surface area contributed by atoms with Crippen molar-refractivity contribution in [2.24, 2.45) is 11.8 Å². The third-order valence-electron chi connectivity index (χ3n) is 16.4. The van der Waals surface area contributed by atoms with Crippen molar-refractivity contribution in [1.29, 1.82) is 0 Å². The number of rotatable bonds is 18. The van der Waals surface area contributed by atoms with E-state index in [1.807, 2.05) is 0 Å². The fraction of sp³-hybridized carbons (Fsp3) is 0.754. The molecule has 0 saturated carbocycles. The molecule has 0 spiro atoms. The number of fused-ring (bicyclic) bond motifs is 2. The fourth-order valence-corrected chi connectivity index (χ4v) is 12.1. The first kappa shape index (κ1) is 64.7. The van der Waals surface area contributed by atoms with E-state index in [0.29, 0.717) is 0 Å². The molecule has 0 radical (unpaired) electrons. The average molecular weight is 1180 g/mol. The maximum absolute atomic E-state index is 14.9. The molecule has 6 aliphatic rings. The van der Waals surface area contributed by atoms with Crippen LogP contribution in [0.3, 0.4) is 0 Å². The van der Waals surface area contributed by atoms with E-state index in [9.17, 15) is 65.1 Å². The number of esters is 2. The van der Waals surface area contributed by atoms with Crippen LogP contribution in [0.25, 0.3) is 10.8 Å². The maximum atomic E-state index is 14.9. The minimum Gasteiger partial charge on any atom is -0.507 e. The lowest BCUT2D eigenvalue weighted by Crippen LogP contribution is -2.59. The van der Waals surface area contributed by atoms with Crippen LogP contribution < -0.4 is 4.74 Å². The van der Waals surface area contributed by atoms with Crippen LogP contribution in [0.5, 0.6) is 17.2 Å². The fourth-order valence-electron chi connectivity index (χ4n) is 12.1. The number of phenolic OH excluding ortho intramolecular Hbond substituents is 2. The van der Waals surface area contributed by atoms with Gasteiger partial charge in [-0.1, -0.05) is 13.8 Å². The molecule has 26 heteroatoms. The zero-order valence-corrected chi connectivity index (χ0v) is 48.4. The molecule has 26 nitrogen and oxygen atoms in total. The smallest absolute Gasteiger partial charge is 0.308 e. The summed E-state index contributed by atoms with van der Waals surface area (Å²) in [5.41, 5.74) is -1.82. The standard InChI is InChI=1S/C57H82O26/c1-21(2)56(69)83-55-27(8)76-42(20-57(55,10)70)80-36-17-40(72-23(4)47(36)64)79-35-18-41(73-24(5)46(35)63)82-54-32(48(65)51(68)45(62)22(3)58)14-30-12-29-13-31(15-33(60)43(29)49(66)44(30)50(54)67)78-39-19-37(53(26(7)75-39)77-28(9)59)81-38-16-34(61)52(71-11)25(6)74-38/h12-13,15,21-27,32,34-42,45-48,52-55,58,60-66,70H,14,16-20H2,1-11H3/t22-,23+,24+,25+,26+,27+,32+,34+,35+,36+,37-,38-,39-,40-,41-,42-,45+,46-,47-,48+,52-,53-,54-,55-,57+/m0/s1. The van der Waals surface area contributed by atoms with Crippen molar-refractivity contribution < 1.29 is 127 Å². The number of benzene rings is 2. The van der Waals surface area contributed by atoms with E-state index < -0.39 is 194 Å². The van der Waals surface area contributed by atoms with Gasteiger partial charge in [0.15, 0.2) is 48.9 Å². The molecule has 5 fully saturated rings. The third kappa shape index (κ3) is 14.3. The maximum Gasteiger partial charge on any atom is 0.308 e. The van der Waals surface area contributed by atoms with Gasteiger partial charge >= 0.3 is 11.9 Å². The van der Waals surface area contributed by atoms with Crippen molar-refractivity contribution in [3.8, 4) is 17.2 Å². The number of methoxy groups -OCH3 is 1. The summed E-state index contributed by atoms with van der Waals surface area (Å²) in [5, 5.41) is 101. The van der Waals surface area contributed by atoms with Crippen molar-refractivity contribution in [2.75, 3.05) is 7.11 Å². The summed E-state index contributed by atoms with van der Waals surface area (Å²) < 4.78 is 78.2. The third-order valence-corrected chi connectivity index (χ3v) is 16.4. The van der Waals surface area contributed by atoms with Gasteiger partial charge in [0, 0.05) is 58.1 Å². The molecule has 5 heterocycles. The van der Waals surface area contributed by atoms with E-state index in [1.165, 1.54) is 46.1 Å². The predicted molar refractivity (Wildman–Crippen MR) is 282 cm³/mol. The number of ketones is 2. The Labute approximate surface area is 480 Å². The summed E-state index contributed by atoms with van der Waals surface area (Å²) in [6.45, 7) is 15.3. The van der Waals surface area contributed by atoms with E-state index in [2.05, 4.69) is 0 Å². The van der Waals surface area contributed by atoms with Gasteiger partial charge in [0.25, 0.3) is 0 Å². The summed E-state index contributed by atoms with van der Waals surface area (Å²) in [6.07, 6.45) is -27.3. The van der Waals surface area contributed by atoms with Crippen molar-refractivity contribution >= 4 is 34.3 Å². The number of ether oxygens (including phenoxy) is 13. The number of aromatic hydroxyl groups is 2. The topological polar surface area (TPSA) is 370 Å². The second kappa shape index (κ2) is 26.4. The van der Waals surface area contributed by atoms with Crippen molar-refractivity contribution in [3.63, 3.8) is 0 Å². The molecule has 1 aliphatic carbocycles. The lowest BCUT2D eigenvalue weighted by atomic mass is 9.75. The Kier molecular flexibility index (Phi) is 20.5. The molecule has 8 rings (SSSR count). The van der Waals surface area contributed by atoms with Crippen LogP contribution in [-0.4, -0.2) is 223 Å². The summed E-state index contributed by atoms with van der Waals surface area (Å²) in [7, 11) is 1.46. The van der Waals surface area contributed by atoms with E-state index in [0.717, 1.165) is 6.92 Å². The van der Waals surface area contributed by atoms with Crippen LogP contribution in [0, 0.1) is 11.8 Å². The lowest BCUT2D eigenvalue weighted by molar-refractivity contribution is -0.334. The van der Waals surface area contributed by atoms with Gasteiger partial charge in [-0.2, -0.15) is 0 Å². The van der Waals surface area contributed by atoms with Gasteiger partial charge in [-0.25, -0.2) is 0 Å². The van der Waals surface area contributed by atoms with Gasteiger partial charge in [0.2, 0.25) is 6.29 Å². The normalized spacial score (nSPS) is 39.8. The van der Waals surface area contributed by atoms with Crippen molar-refractivity contribution in [1.82, 2.24) is 0 Å². The minimum atomic E-state index is -2.16. The van der Waals surface area contributed by atoms with Crippen LogP contribution in [0.4, 0.5) is 0 Å². The second-order valence-corrected chi connectivity index (χ2v) is 23.5. The van der Waals surface area contributed by atoms with Gasteiger partial charge in [-0.05, 0) is 78.0 Å². The number of aliphatic hydroxyl groups is 7. The molecule has 9 N–H and O–H groups in total. The van der Waals surface area contributed by atoms with E-state index in [1.54, 1.807) is 41.5 Å². The van der Waals surface area contributed by atoms with Gasteiger partial charge in [-0.3, -0.25) is 19.2 Å². The minimum absolute atomic E-state index is 0.0186. The molecule has 0 aromatic heterocycles. The van der Waals surface area contributed by atoms with Gasteiger partial charge in [0.05, 0.1) is 71.8 Å². The van der Waals surface area contributed by atoms with Crippen molar-refractivity contribution in [2.45, 2.75) is 255 Å². The first-order chi connectivity index (χ1) is 39.0. The molecule has 0 amide bonds. The SMILES string of the molecule is CO[C@@H]1[C@H](O)C[C@H](O[C@H]2C[C@H](Oc3cc(O)c4c(O)c5c(cc4c3)C[C@H]([C@@H](O)C(=O)[C@H](O)[C@H](C)O)[C@H](O[C@H]3C[C@@H](O[C@H]4C[C@@H](O[C@H]6C[C@@](C)(O)[C@@H](OC(=O)C(C)C)[C@@H](C)O6)[C@@H](O)[C@@H](C)O4)[C@@H](O)[C@@H](C)O3)C5=O)O[C@H](C)[C@@H]2OC(C)=O)O[C@@H]1C.